The van der Waals surface area contributed by atoms with Crippen LogP contribution in [0.2, 0.25) is 0 Å². The SMILES string of the molecule is COC(=O)N[C@H]1CCCC[C@@H]1n1cnc(C(=O)N2CCNC[C@H]2CCOc2cc(F)cc(F)c2)c1-c1ccccc1. The van der Waals surface area contributed by atoms with Crippen molar-refractivity contribution >= 4 is 12.0 Å². The number of carbonyl (C=O) groups is 2. The maximum atomic E-state index is 14.1. The highest BCUT2D eigenvalue weighted by molar-refractivity contribution is 5.98. The van der Waals surface area contributed by atoms with Crippen LogP contribution in [0.15, 0.2) is 54.9 Å². The number of amides is 2. The molecule has 1 aliphatic carbocycles. The molecule has 0 bridgehead atoms. The zero-order chi connectivity index (χ0) is 28.8. The lowest BCUT2D eigenvalue weighted by Gasteiger charge is -2.36. The van der Waals surface area contributed by atoms with Gasteiger partial charge in [-0.3, -0.25) is 4.79 Å². The maximum Gasteiger partial charge on any atom is 0.407 e. The van der Waals surface area contributed by atoms with E-state index in [-0.39, 0.29) is 36.4 Å². The minimum absolute atomic E-state index is 0.0917. The van der Waals surface area contributed by atoms with E-state index in [1.54, 1.807) is 11.2 Å². The Balaban J connectivity index is 1.40. The number of nitrogens with one attached hydrogen (secondary N) is 2. The van der Waals surface area contributed by atoms with Crippen LogP contribution < -0.4 is 15.4 Å². The van der Waals surface area contributed by atoms with E-state index < -0.39 is 17.7 Å². The predicted molar refractivity (Wildman–Crippen MR) is 149 cm³/mol. The Labute approximate surface area is 237 Å². The Kier molecular flexibility index (Phi) is 9.13. The summed E-state index contributed by atoms with van der Waals surface area (Å²) < 4.78 is 39.7. The molecule has 0 radical (unpaired) electrons. The second-order valence-corrected chi connectivity index (χ2v) is 10.4. The van der Waals surface area contributed by atoms with Crippen LogP contribution >= 0.6 is 0 Å². The van der Waals surface area contributed by atoms with Gasteiger partial charge < -0.3 is 29.6 Å². The van der Waals surface area contributed by atoms with Gasteiger partial charge in [-0.2, -0.15) is 0 Å². The summed E-state index contributed by atoms with van der Waals surface area (Å²) in [6, 6.07) is 12.3. The number of alkyl carbamates (subject to hydrolysis) is 1. The van der Waals surface area contributed by atoms with Crippen molar-refractivity contribution < 1.29 is 27.8 Å². The number of aromatic nitrogens is 2. The van der Waals surface area contributed by atoms with E-state index in [9.17, 15) is 18.4 Å². The molecule has 41 heavy (non-hydrogen) atoms. The zero-order valence-corrected chi connectivity index (χ0v) is 23.0. The van der Waals surface area contributed by atoms with E-state index in [4.69, 9.17) is 9.47 Å². The van der Waals surface area contributed by atoms with E-state index in [1.165, 1.54) is 7.11 Å². The number of methoxy groups -OCH3 is 1. The van der Waals surface area contributed by atoms with Crippen molar-refractivity contribution in [3.63, 3.8) is 0 Å². The Morgan fingerprint density at radius 2 is 1.85 bits per heavy atom. The fourth-order valence-corrected chi connectivity index (χ4v) is 5.82. The number of piperazine rings is 1. The van der Waals surface area contributed by atoms with Crippen molar-refractivity contribution in [2.75, 3.05) is 33.4 Å². The van der Waals surface area contributed by atoms with Crippen LogP contribution in [0, 0.1) is 11.6 Å². The van der Waals surface area contributed by atoms with E-state index in [2.05, 4.69) is 15.6 Å². The van der Waals surface area contributed by atoms with Gasteiger partial charge >= 0.3 is 6.09 Å². The van der Waals surface area contributed by atoms with Gasteiger partial charge in [0.15, 0.2) is 5.69 Å². The molecule has 3 atom stereocenters. The lowest BCUT2D eigenvalue weighted by atomic mass is 9.89. The van der Waals surface area contributed by atoms with Crippen LogP contribution in [-0.2, 0) is 4.74 Å². The van der Waals surface area contributed by atoms with Gasteiger partial charge in [0.25, 0.3) is 5.91 Å². The molecule has 2 N–H and O–H groups in total. The number of ether oxygens (including phenoxy) is 2. The number of nitrogens with zero attached hydrogens (tertiary/aromatic N) is 3. The summed E-state index contributed by atoms with van der Waals surface area (Å²) in [7, 11) is 1.35. The monoisotopic (exact) mass is 567 g/mol. The Bertz CT molecular complexity index is 1330. The minimum atomic E-state index is -0.706. The summed E-state index contributed by atoms with van der Waals surface area (Å²) in [6.07, 6.45) is 5.29. The summed E-state index contributed by atoms with van der Waals surface area (Å²) in [5.41, 5.74) is 1.92. The standard InChI is InChI=1S/C30H35F2N5O4/c1-40-30(39)35-25-9-5-6-10-26(25)37-19-34-27(28(37)20-7-3-2-4-8-20)29(38)36-13-12-33-18-23(36)11-14-41-24-16-21(31)15-22(32)17-24/h2-4,7-8,15-17,19,23,25-26,33H,5-6,9-14,18H2,1H3,(H,35,39)/t23-,25+,26+/m1/s1. The number of hydrogen-bond donors (Lipinski definition) is 2. The smallest absolute Gasteiger partial charge is 0.407 e. The zero-order valence-electron chi connectivity index (χ0n) is 23.0. The van der Waals surface area contributed by atoms with Crippen LogP contribution in [0.5, 0.6) is 5.75 Å². The fraction of sp³-hybridized carbons (Fsp3) is 0.433. The molecule has 1 aromatic heterocycles. The first-order valence-corrected chi connectivity index (χ1v) is 14.0. The third kappa shape index (κ3) is 6.67. The molecule has 9 nitrogen and oxygen atoms in total. The predicted octanol–water partition coefficient (Wildman–Crippen LogP) is 4.55. The van der Waals surface area contributed by atoms with Crippen molar-refractivity contribution in [2.45, 2.75) is 50.2 Å². The van der Waals surface area contributed by atoms with Crippen molar-refractivity contribution in [3.8, 4) is 17.0 Å². The minimum Gasteiger partial charge on any atom is -0.493 e. The van der Waals surface area contributed by atoms with E-state index in [0.717, 1.165) is 49.4 Å². The summed E-state index contributed by atoms with van der Waals surface area (Å²) in [4.78, 5) is 32.7. The lowest BCUT2D eigenvalue weighted by molar-refractivity contribution is 0.0601. The topological polar surface area (TPSA) is 97.7 Å². The molecule has 11 heteroatoms. The van der Waals surface area contributed by atoms with Gasteiger partial charge in [0.2, 0.25) is 0 Å². The largest absolute Gasteiger partial charge is 0.493 e. The molecule has 1 aliphatic heterocycles. The number of benzene rings is 2. The molecule has 1 saturated carbocycles. The Hall–Kier alpha value is -3.99. The van der Waals surface area contributed by atoms with Gasteiger partial charge in [0.05, 0.1) is 37.8 Å². The maximum absolute atomic E-state index is 14.1. The third-order valence-corrected chi connectivity index (χ3v) is 7.79. The third-order valence-electron chi connectivity index (χ3n) is 7.79. The molecular weight excluding hydrogens is 532 g/mol. The van der Waals surface area contributed by atoms with Crippen LogP contribution in [0.25, 0.3) is 11.3 Å². The van der Waals surface area contributed by atoms with E-state index >= 15 is 0 Å². The molecule has 2 aliphatic rings. The number of rotatable bonds is 8. The molecule has 0 spiro atoms. The summed E-state index contributed by atoms with van der Waals surface area (Å²) in [6.45, 7) is 1.85. The quantitative estimate of drug-likeness (QED) is 0.415. The van der Waals surface area contributed by atoms with Crippen molar-refractivity contribution in [1.82, 2.24) is 25.1 Å². The van der Waals surface area contributed by atoms with Crippen molar-refractivity contribution in [2.24, 2.45) is 0 Å². The summed E-state index contributed by atoms with van der Waals surface area (Å²) in [5.74, 6) is -1.50. The summed E-state index contributed by atoms with van der Waals surface area (Å²) in [5, 5.41) is 6.30. The fourth-order valence-electron chi connectivity index (χ4n) is 5.82. The van der Waals surface area contributed by atoms with Gasteiger partial charge in [0, 0.05) is 55.9 Å². The Morgan fingerprint density at radius 1 is 1.10 bits per heavy atom. The Morgan fingerprint density at radius 3 is 2.61 bits per heavy atom. The van der Waals surface area contributed by atoms with E-state index in [1.807, 2.05) is 34.9 Å². The number of hydrogen-bond acceptors (Lipinski definition) is 6. The lowest BCUT2D eigenvalue weighted by Crippen LogP contribution is -2.54. The van der Waals surface area contributed by atoms with Crippen molar-refractivity contribution in [1.29, 1.82) is 0 Å². The highest BCUT2D eigenvalue weighted by Crippen LogP contribution is 2.35. The van der Waals surface area contributed by atoms with Gasteiger partial charge in [-0.05, 0) is 12.8 Å². The molecule has 3 aromatic rings. The summed E-state index contributed by atoms with van der Waals surface area (Å²) >= 11 is 0. The van der Waals surface area contributed by atoms with Gasteiger partial charge in [-0.1, -0.05) is 43.2 Å². The normalized spacial score (nSPS) is 20.9. The number of carbonyl (C=O) groups excluding carboxylic acids is 2. The molecule has 2 heterocycles. The van der Waals surface area contributed by atoms with Gasteiger partial charge in [0.1, 0.15) is 17.4 Å². The highest BCUT2D eigenvalue weighted by atomic mass is 19.1. The van der Waals surface area contributed by atoms with Crippen LogP contribution in [0.3, 0.4) is 0 Å². The molecule has 1 saturated heterocycles. The molecule has 0 unspecified atom stereocenters. The molecule has 2 amide bonds. The molecular formula is C30H35F2N5O4. The number of halogens is 2. The highest BCUT2D eigenvalue weighted by Gasteiger charge is 2.35. The molecule has 5 rings (SSSR count). The second-order valence-electron chi connectivity index (χ2n) is 10.4. The molecule has 218 valence electrons. The first kappa shape index (κ1) is 28.5. The number of imidazole rings is 1. The second kappa shape index (κ2) is 13.1. The van der Waals surface area contributed by atoms with Crippen LogP contribution in [0.4, 0.5) is 13.6 Å². The van der Waals surface area contributed by atoms with Gasteiger partial charge in [-0.25, -0.2) is 18.6 Å². The first-order valence-electron chi connectivity index (χ1n) is 14.0. The van der Waals surface area contributed by atoms with Gasteiger partial charge in [-0.15, -0.1) is 0 Å². The van der Waals surface area contributed by atoms with Crippen LogP contribution in [0.1, 0.15) is 48.6 Å². The van der Waals surface area contributed by atoms with Crippen molar-refractivity contribution in [3.05, 3.63) is 72.2 Å². The first-order chi connectivity index (χ1) is 19.9. The molecule has 2 aromatic carbocycles. The average molecular weight is 568 g/mol. The van der Waals surface area contributed by atoms with E-state index in [0.29, 0.717) is 37.4 Å². The van der Waals surface area contributed by atoms with Crippen LogP contribution in [-0.4, -0.2) is 71.9 Å². The average Bonchev–Trinajstić information content (AvgIpc) is 3.42. The molecule has 2 fully saturated rings.